The van der Waals surface area contributed by atoms with Crippen molar-refractivity contribution < 1.29 is 13.6 Å². The highest BCUT2D eigenvalue weighted by Gasteiger charge is 2.25. The molecule has 1 atom stereocenters. The number of carbonyl (C=O) groups excluding carboxylic acids is 1. The van der Waals surface area contributed by atoms with Gasteiger partial charge in [0.15, 0.2) is 0 Å². The molecule has 0 N–H and O–H groups in total. The van der Waals surface area contributed by atoms with E-state index >= 15 is 0 Å². The minimum Gasteiger partial charge on any atom is -0.338 e. The molecule has 1 aliphatic rings. The van der Waals surface area contributed by atoms with E-state index in [1.165, 1.54) is 12.1 Å². The van der Waals surface area contributed by atoms with Crippen LogP contribution in [0.5, 0.6) is 0 Å². The smallest absolute Gasteiger partial charge is 0.255 e. The SMILES string of the molecule is O=C(c1ccccc1Br)N1CCSC(c2cc(F)ccc2F)CC1. The number of thioether (sulfide) groups is 1. The Morgan fingerprint density at radius 3 is 2.75 bits per heavy atom. The van der Waals surface area contributed by atoms with Crippen LogP contribution >= 0.6 is 27.7 Å². The first kappa shape index (κ1) is 17.4. The number of hydrogen-bond donors (Lipinski definition) is 0. The van der Waals surface area contributed by atoms with Gasteiger partial charge in [0.05, 0.1) is 5.56 Å². The van der Waals surface area contributed by atoms with E-state index in [1.54, 1.807) is 22.7 Å². The molecule has 1 unspecified atom stereocenters. The van der Waals surface area contributed by atoms with Crippen LogP contribution in [0.2, 0.25) is 0 Å². The molecule has 1 heterocycles. The molecule has 1 saturated heterocycles. The number of hydrogen-bond acceptors (Lipinski definition) is 2. The third kappa shape index (κ3) is 3.81. The van der Waals surface area contributed by atoms with Gasteiger partial charge in [0.25, 0.3) is 5.91 Å². The van der Waals surface area contributed by atoms with Crippen LogP contribution in [-0.2, 0) is 0 Å². The molecule has 1 amide bonds. The summed E-state index contributed by atoms with van der Waals surface area (Å²) in [6.07, 6.45) is 0.598. The highest BCUT2D eigenvalue weighted by atomic mass is 79.9. The normalized spacial score (nSPS) is 18.3. The maximum atomic E-state index is 14.0. The van der Waals surface area contributed by atoms with Crippen LogP contribution in [0.15, 0.2) is 46.9 Å². The molecule has 126 valence electrons. The van der Waals surface area contributed by atoms with Gasteiger partial charge in [0, 0.05) is 34.1 Å². The van der Waals surface area contributed by atoms with Crippen molar-refractivity contribution in [2.45, 2.75) is 11.7 Å². The minimum absolute atomic E-state index is 0.0385. The predicted molar refractivity (Wildman–Crippen MR) is 96.2 cm³/mol. The fraction of sp³-hybridized carbons (Fsp3) is 0.278. The van der Waals surface area contributed by atoms with Crippen LogP contribution in [0.1, 0.15) is 27.6 Å². The van der Waals surface area contributed by atoms with Gasteiger partial charge < -0.3 is 4.90 Å². The van der Waals surface area contributed by atoms with Gasteiger partial charge in [0.1, 0.15) is 11.6 Å². The molecular formula is C18H16BrF2NOS. The molecule has 0 bridgehead atoms. The van der Waals surface area contributed by atoms with Crippen LogP contribution in [0, 0.1) is 11.6 Å². The molecule has 2 nitrogen and oxygen atoms in total. The molecule has 2 aromatic rings. The van der Waals surface area contributed by atoms with Crippen molar-refractivity contribution in [1.29, 1.82) is 0 Å². The summed E-state index contributed by atoms with van der Waals surface area (Å²) in [5.74, 6) is -0.170. The first-order valence-electron chi connectivity index (χ1n) is 7.66. The molecular weight excluding hydrogens is 396 g/mol. The zero-order valence-corrected chi connectivity index (χ0v) is 15.2. The van der Waals surface area contributed by atoms with E-state index in [2.05, 4.69) is 15.9 Å². The molecule has 1 aliphatic heterocycles. The topological polar surface area (TPSA) is 20.3 Å². The first-order chi connectivity index (χ1) is 11.6. The average molecular weight is 412 g/mol. The van der Waals surface area contributed by atoms with Crippen molar-refractivity contribution in [2.75, 3.05) is 18.8 Å². The van der Waals surface area contributed by atoms with Crippen molar-refractivity contribution in [3.8, 4) is 0 Å². The van der Waals surface area contributed by atoms with E-state index in [1.807, 2.05) is 18.2 Å². The number of halogens is 3. The van der Waals surface area contributed by atoms with Gasteiger partial charge in [-0.3, -0.25) is 4.79 Å². The van der Waals surface area contributed by atoms with Gasteiger partial charge in [-0.05, 0) is 52.7 Å². The standard InChI is InChI=1S/C18H16BrF2NOS/c19-15-4-2-1-3-13(15)18(23)22-8-7-17(24-10-9-22)14-11-12(20)5-6-16(14)21/h1-6,11,17H,7-10H2. The first-order valence-corrected chi connectivity index (χ1v) is 9.51. The lowest BCUT2D eigenvalue weighted by atomic mass is 10.1. The third-order valence-corrected chi connectivity index (χ3v) is 6.04. The molecule has 3 rings (SSSR count). The Morgan fingerprint density at radius 2 is 1.96 bits per heavy atom. The summed E-state index contributed by atoms with van der Waals surface area (Å²) in [5.41, 5.74) is 1.01. The van der Waals surface area contributed by atoms with Crippen molar-refractivity contribution >= 4 is 33.6 Å². The fourth-order valence-electron chi connectivity index (χ4n) is 2.79. The molecule has 0 aliphatic carbocycles. The maximum Gasteiger partial charge on any atom is 0.255 e. The Balaban J connectivity index is 1.75. The lowest BCUT2D eigenvalue weighted by Gasteiger charge is -2.21. The van der Waals surface area contributed by atoms with Crippen LogP contribution in [0.4, 0.5) is 8.78 Å². The second-order valence-electron chi connectivity index (χ2n) is 5.59. The van der Waals surface area contributed by atoms with Crippen LogP contribution in [0.3, 0.4) is 0 Å². The van der Waals surface area contributed by atoms with E-state index in [0.29, 0.717) is 36.4 Å². The highest BCUT2D eigenvalue weighted by Crippen LogP contribution is 2.36. The number of nitrogens with zero attached hydrogens (tertiary/aromatic N) is 1. The van der Waals surface area contributed by atoms with Crippen LogP contribution < -0.4 is 0 Å². The summed E-state index contributed by atoms with van der Waals surface area (Å²) in [7, 11) is 0. The van der Waals surface area contributed by atoms with Gasteiger partial charge in [0.2, 0.25) is 0 Å². The number of rotatable bonds is 2. The van der Waals surface area contributed by atoms with Gasteiger partial charge in [-0.1, -0.05) is 12.1 Å². The summed E-state index contributed by atoms with van der Waals surface area (Å²) < 4.78 is 28.2. The monoisotopic (exact) mass is 411 g/mol. The molecule has 2 aromatic carbocycles. The Hall–Kier alpha value is -1.40. The summed E-state index contributed by atoms with van der Waals surface area (Å²) in [5, 5.41) is -0.141. The van der Waals surface area contributed by atoms with Gasteiger partial charge in [-0.2, -0.15) is 11.8 Å². The summed E-state index contributed by atoms with van der Waals surface area (Å²) in [6.45, 7) is 1.12. The zero-order chi connectivity index (χ0) is 17.1. The molecule has 1 fully saturated rings. The molecule has 24 heavy (non-hydrogen) atoms. The van der Waals surface area contributed by atoms with Gasteiger partial charge in [-0.15, -0.1) is 0 Å². The van der Waals surface area contributed by atoms with Crippen LogP contribution in [-0.4, -0.2) is 29.6 Å². The zero-order valence-electron chi connectivity index (χ0n) is 12.8. The predicted octanol–water partition coefficient (Wildman–Crippen LogP) is 5.05. The van der Waals surface area contributed by atoms with Crippen LogP contribution in [0.25, 0.3) is 0 Å². The minimum atomic E-state index is -0.433. The van der Waals surface area contributed by atoms with Gasteiger partial charge >= 0.3 is 0 Å². The second-order valence-corrected chi connectivity index (χ2v) is 7.75. The van der Waals surface area contributed by atoms with Crippen molar-refractivity contribution in [2.24, 2.45) is 0 Å². The van der Waals surface area contributed by atoms with Crippen molar-refractivity contribution in [1.82, 2.24) is 4.90 Å². The quantitative estimate of drug-likeness (QED) is 0.688. The number of benzene rings is 2. The number of carbonyl (C=O) groups is 1. The molecule has 0 aromatic heterocycles. The van der Waals surface area contributed by atoms with E-state index in [9.17, 15) is 13.6 Å². The Labute approximate surface area is 152 Å². The summed E-state index contributed by atoms with van der Waals surface area (Å²) in [6, 6.07) is 10.9. The van der Waals surface area contributed by atoms with Crippen molar-refractivity contribution in [3.63, 3.8) is 0 Å². The van der Waals surface area contributed by atoms with E-state index in [0.717, 1.165) is 10.5 Å². The maximum absolute atomic E-state index is 14.0. The lowest BCUT2D eigenvalue weighted by molar-refractivity contribution is 0.0765. The van der Waals surface area contributed by atoms with E-state index in [4.69, 9.17) is 0 Å². The summed E-state index contributed by atoms with van der Waals surface area (Å²) >= 11 is 4.97. The molecule has 0 spiro atoms. The highest BCUT2D eigenvalue weighted by molar-refractivity contribution is 9.10. The second kappa shape index (κ2) is 7.66. The van der Waals surface area contributed by atoms with E-state index < -0.39 is 5.82 Å². The third-order valence-electron chi connectivity index (χ3n) is 4.04. The number of amides is 1. The lowest BCUT2D eigenvalue weighted by Crippen LogP contribution is -2.33. The summed E-state index contributed by atoms with van der Waals surface area (Å²) in [4.78, 5) is 14.5. The fourth-order valence-corrected chi connectivity index (χ4v) is 4.49. The van der Waals surface area contributed by atoms with Crippen molar-refractivity contribution in [3.05, 3.63) is 69.7 Å². The Bertz CT molecular complexity index is 756. The molecule has 0 saturated carbocycles. The Morgan fingerprint density at radius 1 is 1.17 bits per heavy atom. The Kier molecular flexibility index (Phi) is 5.56. The van der Waals surface area contributed by atoms with Gasteiger partial charge in [-0.25, -0.2) is 8.78 Å². The largest absolute Gasteiger partial charge is 0.338 e. The average Bonchev–Trinajstić information content (AvgIpc) is 2.83. The molecule has 6 heteroatoms. The van der Waals surface area contributed by atoms with E-state index in [-0.39, 0.29) is 17.0 Å². The molecule has 0 radical (unpaired) electrons.